The highest BCUT2D eigenvalue weighted by molar-refractivity contribution is 6.01. The van der Waals surface area contributed by atoms with Crippen LogP contribution < -0.4 is 0 Å². The minimum Gasteiger partial charge on any atom is -0.294 e. The number of ketones is 2. The molecule has 0 aliphatic heterocycles. The Bertz CT molecular complexity index is 599. The lowest BCUT2D eigenvalue weighted by Gasteiger charge is -2.39. The van der Waals surface area contributed by atoms with E-state index in [4.69, 9.17) is 0 Å². The molecule has 0 saturated carbocycles. The van der Waals surface area contributed by atoms with Crippen LogP contribution in [0.2, 0.25) is 0 Å². The van der Waals surface area contributed by atoms with Crippen LogP contribution in [-0.2, 0) is 9.59 Å². The first-order valence-corrected chi connectivity index (χ1v) is 7.49. The van der Waals surface area contributed by atoms with Crippen LogP contribution >= 0.6 is 0 Å². The zero-order chi connectivity index (χ0) is 19.1. The van der Waals surface area contributed by atoms with Gasteiger partial charge >= 0.3 is 6.18 Å². The fraction of sp³-hybridized carbons (Fsp3) is 0.647. The van der Waals surface area contributed by atoms with Crippen LogP contribution in [0.25, 0.3) is 0 Å². The molecule has 0 bridgehead atoms. The molecule has 0 N–H and O–H groups in total. The molecule has 136 valence electrons. The number of allylic oxidation sites excluding steroid dienone is 3. The van der Waals surface area contributed by atoms with Crippen LogP contribution in [0.4, 0.5) is 22.0 Å². The first kappa shape index (κ1) is 20.5. The zero-order valence-corrected chi connectivity index (χ0v) is 14.3. The van der Waals surface area contributed by atoms with Crippen molar-refractivity contribution in [3.63, 3.8) is 0 Å². The molecule has 0 radical (unpaired) electrons. The highest BCUT2D eigenvalue weighted by Crippen LogP contribution is 2.51. The topological polar surface area (TPSA) is 34.1 Å². The second-order valence-corrected chi connectivity index (χ2v) is 7.76. The lowest BCUT2D eigenvalue weighted by Crippen LogP contribution is -2.40. The Morgan fingerprint density at radius 2 is 1.58 bits per heavy atom. The van der Waals surface area contributed by atoms with Gasteiger partial charge in [0, 0.05) is 28.1 Å². The summed E-state index contributed by atoms with van der Waals surface area (Å²) in [6.45, 7) is 7.25. The predicted molar refractivity (Wildman–Crippen MR) is 79.4 cm³/mol. The molecule has 0 aromatic heterocycles. The number of carbonyl (C=O) groups excluding carboxylic acids is 2. The summed E-state index contributed by atoms with van der Waals surface area (Å²) in [6.07, 6.45) is -7.07. The van der Waals surface area contributed by atoms with Crippen molar-refractivity contribution in [2.45, 2.75) is 53.6 Å². The first-order chi connectivity index (χ1) is 10.6. The van der Waals surface area contributed by atoms with Crippen LogP contribution in [0, 0.1) is 16.7 Å². The van der Waals surface area contributed by atoms with Crippen molar-refractivity contribution in [1.82, 2.24) is 0 Å². The van der Waals surface area contributed by atoms with Gasteiger partial charge < -0.3 is 0 Å². The monoisotopic (exact) mass is 352 g/mol. The van der Waals surface area contributed by atoms with Gasteiger partial charge in [-0.05, 0) is 18.8 Å². The van der Waals surface area contributed by atoms with Crippen molar-refractivity contribution < 1.29 is 31.5 Å². The molecule has 1 atom stereocenters. The summed E-state index contributed by atoms with van der Waals surface area (Å²) in [4.78, 5) is 23.9. The summed E-state index contributed by atoms with van der Waals surface area (Å²) in [5.74, 6) is -2.55. The van der Waals surface area contributed by atoms with E-state index in [-0.39, 0.29) is 24.5 Å². The Morgan fingerprint density at radius 3 is 1.96 bits per heavy atom. The van der Waals surface area contributed by atoms with E-state index in [1.807, 2.05) is 0 Å². The number of Topliss-reactive ketones (excluding diaryl/α,β-unsaturated/α-hetero) is 1. The summed E-state index contributed by atoms with van der Waals surface area (Å²) in [5.41, 5.74) is -3.51. The van der Waals surface area contributed by atoms with E-state index in [1.165, 1.54) is 34.6 Å². The molecule has 7 heteroatoms. The molecule has 0 saturated heterocycles. The van der Waals surface area contributed by atoms with E-state index in [2.05, 4.69) is 0 Å². The quantitative estimate of drug-likeness (QED) is 0.500. The largest absolute Gasteiger partial charge is 0.413 e. The number of rotatable bonds is 5. The van der Waals surface area contributed by atoms with Gasteiger partial charge in [0.1, 0.15) is 0 Å². The van der Waals surface area contributed by atoms with Crippen molar-refractivity contribution in [2.75, 3.05) is 0 Å². The minimum absolute atomic E-state index is 0.0938. The highest BCUT2D eigenvalue weighted by Gasteiger charge is 2.51. The lowest BCUT2D eigenvalue weighted by atomic mass is 9.64. The van der Waals surface area contributed by atoms with Crippen molar-refractivity contribution in [1.29, 1.82) is 0 Å². The predicted octanol–water partition coefficient (Wildman–Crippen LogP) is 5.25. The van der Waals surface area contributed by atoms with Gasteiger partial charge in [0.05, 0.1) is 0 Å². The molecule has 1 aliphatic carbocycles. The average Bonchev–Trinajstić information content (AvgIpc) is 2.28. The Hall–Kier alpha value is -1.53. The van der Waals surface area contributed by atoms with Crippen LogP contribution in [-0.4, -0.2) is 17.7 Å². The van der Waals surface area contributed by atoms with Gasteiger partial charge in [0.2, 0.25) is 0 Å². The minimum atomic E-state index is -4.68. The third-order valence-electron chi connectivity index (χ3n) is 4.11. The number of hydrogen-bond acceptors (Lipinski definition) is 2. The Balaban J connectivity index is 3.12. The summed E-state index contributed by atoms with van der Waals surface area (Å²) in [6, 6.07) is 0. The van der Waals surface area contributed by atoms with Gasteiger partial charge in [-0.3, -0.25) is 9.59 Å². The molecule has 0 heterocycles. The summed E-state index contributed by atoms with van der Waals surface area (Å²) < 4.78 is 64.4. The van der Waals surface area contributed by atoms with Crippen LogP contribution in [0.5, 0.6) is 0 Å². The summed E-state index contributed by atoms with van der Waals surface area (Å²) in [5, 5.41) is 0. The van der Waals surface area contributed by atoms with E-state index >= 15 is 0 Å². The molecule has 1 unspecified atom stereocenters. The average molecular weight is 352 g/mol. The fourth-order valence-corrected chi connectivity index (χ4v) is 2.83. The van der Waals surface area contributed by atoms with Gasteiger partial charge in [0.15, 0.2) is 11.6 Å². The second-order valence-electron chi connectivity index (χ2n) is 7.76. The van der Waals surface area contributed by atoms with Crippen LogP contribution in [0.3, 0.4) is 0 Å². The Labute approximate surface area is 137 Å². The van der Waals surface area contributed by atoms with E-state index in [1.54, 1.807) is 0 Å². The third-order valence-corrected chi connectivity index (χ3v) is 4.11. The Morgan fingerprint density at radius 1 is 1.08 bits per heavy atom. The standard InChI is InChI=1S/C17H21F5O2/c1-15(2,3)14(24)10-6-9(13(10)17(20,21)22)8-16(4,5)11(23)7-12(18)19/h7,9H,6,8H2,1-5H3. The van der Waals surface area contributed by atoms with E-state index in [0.717, 1.165) is 0 Å². The second kappa shape index (κ2) is 6.41. The van der Waals surface area contributed by atoms with Crippen molar-refractivity contribution in [3.05, 3.63) is 23.3 Å². The van der Waals surface area contributed by atoms with Crippen molar-refractivity contribution in [3.8, 4) is 0 Å². The van der Waals surface area contributed by atoms with Crippen molar-refractivity contribution in [2.24, 2.45) is 16.7 Å². The zero-order valence-electron chi connectivity index (χ0n) is 14.3. The van der Waals surface area contributed by atoms with Crippen LogP contribution in [0.1, 0.15) is 47.5 Å². The number of carbonyl (C=O) groups is 2. The number of hydrogen-bond donors (Lipinski definition) is 0. The van der Waals surface area contributed by atoms with Gasteiger partial charge in [-0.15, -0.1) is 0 Å². The van der Waals surface area contributed by atoms with E-state index < -0.39 is 46.1 Å². The van der Waals surface area contributed by atoms with E-state index in [9.17, 15) is 31.5 Å². The first-order valence-electron chi connectivity index (χ1n) is 7.49. The van der Waals surface area contributed by atoms with Crippen LogP contribution in [0.15, 0.2) is 23.3 Å². The number of halogens is 5. The number of alkyl halides is 3. The van der Waals surface area contributed by atoms with Gasteiger partial charge in [-0.2, -0.15) is 22.0 Å². The van der Waals surface area contributed by atoms with Gasteiger partial charge in [-0.25, -0.2) is 0 Å². The normalized spacial score (nSPS) is 19.0. The maximum atomic E-state index is 13.3. The van der Waals surface area contributed by atoms with Crippen molar-refractivity contribution >= 4 is 11.6 Å². The molecule has 2 nitrogen and oxygen atoms in total. The Kier molecular flexibility index (Phi) is 5.48. The smallest absolute Gasteiger partial charge is 0.294 e. The maximum absolute atomic E-state index is 13.3. The summed E-state index contributed by atoms with van der Waals surface area (Å²) >= 11 is 0. The van der Waals surface area contributed by atoms with Gasteiger partial charge in [0.25, 0.3) is 6.08 Å². The maximum Gasteiger partial charge on any atom is 0.413 e. The molecule has 0 aromatic carbocycles. The molecular formula is C17H21F5O2. The molecular weight excluding hydrogens is 331 g/mol. The SMILES string of the molecule is CC(C)(C)C(=O)C1=C(C(F)(F)F)C(CC(C)(C)C(=O)C=C(F)F)C1. The molecule has 0 spiro atoms. The lowest BCUT2D eigenvalue weighted by molar-refractivity contribution is -0.129. The van der Waals surface area contributed by atoms with E-state index in [0.29, 0.717) is 0 Å². The summed E-state index contributed by atoms with van der Waals surface area (Å²) in [7, 11) is 0. The molecule has 24 heavy (non-hydrogen) atoms. The molecule has 0 amide bonds. The van der Waals surface area contributed by atoms with Gasteiger partial charge in [-0.1, -0.05) is 34.6 Å². The molecule has 1 aliphatic rings. The molecule has 1 rings (SSSR count). The fourth-order valence-electron chi connectivity index (χ4n) is 2.83. The molecule has 0 fully saturated rings. The molecule has 0 aromatic rings. The third kappa shape index (κ3) is 4.51. The highest BCUT2D eigenvalue weighted by atomic mass is 19.4.